The van der Waals surface area contributed by atoms with Gasteiger partial charge in [-0.15, -0.1) is 5.71 Å². The van der Waals surface area contributed by atoms with E-state index in [2.05, 4.69) is 15.3 Å². The lowest BCUT2D eigenvalue weighted by Gasteiger charge is -2.34. The number of fused-ring (bicyclic) bond motifs is 1. The molecule has 196 valence electrons. The minimum absolute atomic E-state index is 0.118. The summed E-state index contributed by atoms with van der Waals surface area (Å²) in [5.41, 5.74) is 3.13. The molecule has 2 aromatic carbocycles. The van der Waals surface area contributed by atoms with Gasteiger partial charge in [0, 0.05) is 29.5 Å². The van der Waals surface area contributed by atoms with Crippen LogP contribution in [0.25, 0.3) is 21.9 Å². The number of allylic oxidation sites excluding steroid dienone is 1. The SMILES string of the molecule is CC(C)(CF)CC(C)(C)N/C=C(\C(=[N-])c1ccc(OCc2ccc3ccccc3n2)cc1)c1ccncc1. The van der Waals surface area contributed by atoms with Gasteiger partial charge in [-0.2, -0.15) is 0 Å². The predicted octanol–water partition coefficient (Wildman–Crippen LogP) is 7.36. The smallest absolute Gasteiger partial charge is 0.130 e. The Labute approximate surface area is 224 Å². The Hall–Kier alpha value is -4.06. The van der Waals surface area contributed by atoms with Gasteiger partial charge in [0.15, 0.2) is 0 Å². The zero-order chi connectivity index (χ0) is 27.2. The molecule has 4 rings (SSSR count). The minimum Gasteiger partial charge on any atom is -0.803 e. The number of para-hydroxylation sites is 1. The first-order chi connectivity index (χ1) is 18.2. The number of halogens is 1. The molecule has 0 radical (unpaired) electrons. The maximum absolute atomic E-state index is 13.5. The molecular formula is C32H34FN4O-. The molecule has 0 saturated carbocycles. The number of nitrogens with one attached hydrogen (secondary N) is 1. The number of benzene rings is 2. The first-order valence-electron chi connectivity index (χ1n) is 12.7. The molecule has 38 heavy (non-hydrogen) atoms. The highest BCUT2D eigenvalue weighted by Crippen LogP contribution is 2.29. The van der Waals surface area contributed by atoms with Crippen molar-refractivity contribution in [3.8, 4) is 5.75 Å². The van der Waals surface area contributed by atoms with Gasteiger partial charge in [0.05, 0.1) is 17.9 Å². The van der Waals surface area contributed by atoms with Crippen LogP contribution in [0.2, 0.25) is 0 Å². The van der Waals surface area contributed by atoms with E-state index in [9.17, 15) is 9.80 Å². The molecule has 0 amide bonds. The average molecular weight is 510 g/mol. The lowest BCUT2D eigenvalue weighted by molar-refractivity contribution is 0.185. The van der Waals surface area contributed by atoms with Crippen LogP contribution in [-0.2, 0) is 6.61 Å². The van der Waals surface area contributed by atoms with Gasteiger partial charge in [0.1, 0.15) is 12.4 Å². The molecule has 0 aliphatic carbocycles. The van der Waals surface area contributed by atoms with Crippen molar-refractivity contribution in [1.29, 1.82) is 0 Å². The molecule has 6 heteroatoms. The van der Waals surface area contributed by atoms with E-state index in [0.717, 1.165) is 22.2 Å². The summed E-state index contributed by atoms with van der Waals surface area (Å²) in [4.78, 5) is 8.75. The fourth-order valence-corrected chi connectivity index (χ4v) is 4.59. The lowest BCUT2D eigenvalue weighted by atomic mass is 9.81. The van der Waals surface area contributed by atoms with Gasteiger partial charge in [-0.1, -0.05) is 50.2 Å². The van der Waals surface area contributed by atoms with Crippen LogP contribution in [0.15, 0.2) is 91.4 Å². The molecular weight excluding hydrogens is 475 g/mol. The fourth-order valence-electron chi connectivity index (χ4n) is 4.59. The molecule has 0 fully saturated rings. The van der Waals surface area contributed by atoms with Crippen molar-refractivity contribution < 1.29 is 9.13 Å². The Bertz CT molecular complexity index is 1410. The maximum atomic E-state index is 13.5. The van der Waals surface area contributed by atoms with E-state index < -0.39 is 12.1 Å². The lowest BCUT2D eigenvalue weighted by Crippen LogP contribution is -2.41. The Balaban J connectivity index is 1.49. The predicted molar refractivity (Wildman–Crippen MR) is 154 cm³/mol. The van der Waals surface area contributed by atoms with Gasteiger partial charge < -0.3 is 15.5 Å². The molecule has 2 aromatic heterocycles. The van der Waals surface area contributed by atoms with E-state index in [1.54, 1.807) is 18.6 Å². The van der Waals surface area contributed by atoms with Gasteiger partial charge in [-0.3, -0.25) is 9.37 Å². The Kier molecular flexibility index (Phi) is 8.20. The van der Waals surface area contributed by atoms with Gasteiger partial charge in [0.25, 0.3) is 0 Å². The number of hydrogen-bond acceptors (Lipinski definition) is 4. The molecule has 5 nitrogen and oxygen atoms in total. The molecule has 0 aliphatic heterocycles. The maximum Gasteiger partial charge on any atom is 0.130 e. The number of hydrogen-bond donors (Lipinski definition) is 1. The summed E-state index contributed by atoms with van der Waals surface area (Å²) in [5, 5.41) is 15.8. The fraction of sp³-hybridized carbons (Fsp3) is 0.281. The van der Waals surface area contributed by atoms with Crippen LogP contribution in [0, 0.1) is 5.41 Å². The number of alkyl halides is 1. The molecule has 0 bridgehead atoms. The van der Waals surface area contributed by atoms with Crippen LogP contribution in [0.5, 0.6) is 5.75 Å². The first-order valence-corrected chi connectivity index (χ1v) is 12.7. The summed E-state index contributed by atoms with van der Waals surface area (Å²) >= 11 is 0. The minimum atomic E-state index is -0.453. The van der Waals surface area contributed by atoms with E-state index in [4.69, 9.17) is 4.74 Å². The third-order valence-corrected chi connectivity index (χ3v) is 6.31. The summed E-state index contributed by atoms with van der Waals surface area (Å²) in [6.07, 6.45) is 5.79. The molecule has 0 unspecified atom stereocenters. The number of aromatic nitrogens is 2. The Morgan fingerprint density at radius 2 is 1.63 bits per heavy atom. The van der Waals surface area contributed by atoms with E-state index in [1.807, 2.05) is 100 Å². The Morgan fingerprint density at radius 3 is 2.34 bits per heavy atom. The van der Waals surface area contributed by atoms with Gasteiger partial charge in [0.2, 0.25) is 0 Å². The number of nitrogens with zero attached hydrogens (tertiary/aromatic N) is 3. The quantitative estimate of drug-likeness (QED) is 0.214. The normalized spacial score (nSPS) is 12.4. The third-order valence-electron chi connectivity index (χ3n) is 6.31. The third kappa shape index (κ3) is 7.03. The summed E-state index contributed by atoms with van der Waals surface area (Å²) in [7, 11) is 0. The highest BCUT2D eigenvalue weighted by molar-refractivity contribution is 6.33. The number of ether oxygens (including phenoxy) is 1. The van der Waals surface area contributed by atoms with Crippen molar-refractivity contribution in [2.45, 2.75) is 46.3 Å². The van der Waals surface area contributed by atoms with Crippen molar-refractivity contribution >= 4 is 22.2 Å². The Morgan fingerprint density at radius 1 is 0.921 bits per heavy atom. The average Bonchev–Trinajstić information content (AvgIpc) is 2.92. The monoisotopic (exact) mass is 509 g/mol. The van der Waals surface area contributed by atoms with Crippen molar-refractivity contribution in [3.63, 3.8) is 0 Å². The second-order valence-corrected chi connectivity index (χ2v) is 11.0. The summed E-state index contributed by atoms with van der Waals surface area (Å²) < 4.78 is 19.4. The van der Waals surface area contributed by atoms with Crippen molar-refractivity contribution in [1.82, 2.24) is 15.3 Å². The van der Waals surface area contributed by atoms with E-state index in [1.165, 1.54) is 0 Å². The van der Waals surface area contributed by atoms with E-state index in [0.29, 0.717) is 29.9 Å². The van der Waals surface area contributed by atoms with Crippen LogP contribution in [0.4, 0.5) is 4.39 Å². The van der Waals surface area contributed by atoms with Crippen molar-refractivity contribution in [3.05, 3.63) is 114 Å². The second-order valence-electron chi connectivity index (χ2n) is 11.0. The molecule has 1 N–H and O–H groups in total. The molecule has 0 spiro atoms. The largest absolute Gasteiger partial charge is 0.803 e. The number of rotatable bonds is 11. The summed E-state index contributed by atoms with van der Waals surface area (Å²) in [6, 6.07) is 23.0. The van der Waals surface area contributed by atoms with Crippen LogP contribution in [0.1, 0.15) is 50.9 Å². The zero-order valence-electron chi connectivity index (χ0n) is 22.4. The van der Waals surface area contributed by atoms with E-state index >= 15 is 0 Å². The summed E-state index contributed by atoms with van der Waals surface area (Å²) in [5.74, 6) is 0.679. The molecule has 0 aliphatic rings. The first kappa shape index (κ1) is 27.0. The van der Waals surface area contributed by atoms with Crippen molar-refractivity contribution in [2.24, 2.45) is 5.41 Å². The molecule has 2 heterocycles. The van der Waals surface area contributed by atoms with Gasteiger partial charge in [-0.25, -0.2) is 4.98 Å². The number of pyridine rings is 2. The van der Waals surface area contributed by atoms with Crippen LogP contribution >= 0.6 is 0 Å². The molecule has 4 aromatic rings. The van der Waals surface area contributed by atoms with Gasteiger partial charge >= 0.3 is 0 Å². The van der Waals surface area contributed by atoms with E-state index in [-0.39, 0.29) is 11.3 Å². The highest BCUT2D eigenvalue weighted by atomic mass is 19.1. The highest BCUT2D eigenvalue weighted by Gasteiger charge is 2.28. The van der Waals surface area contributed by atoms with Crippen LogP contribution < -0.4 is 10.1 Å². The zero-order valence-corrected chi connectivity index (χ0v) is 22.4. The van der Waals surface area contributed by atoms with Crippen LogP contribution in [-0.4, -0.2) is 27.9 Å². The van der Waals surface area contributed by atoms with Gasteiger partial charge in [-0.05, 0) is 78.8 Å². The topological polar surface area (TPSA) is 69.3 Å². The summed E-state index contributed by atoms with van der Waals surface area (Å²) in [6.45, 7) is 7.82. The second kappa shape index (κ2) is 11.5. The molecule has 0 atom stereocenters. The molecule has 0 saturated heterocycles. The van der Waals surface area contributed by atoms with Crippen molar-refractivity contribution in [2.75, 3.05) is 6.67 Å². The standard InChI is InChI=1S/C32H34FN4O/c1-31(2,22-33)21-32(3,4)36-19-28(23-15-17-35-18-16-23)30(34)25-10-13-27(14-11-25)38-20-26-12-9-24-7-5-6-8-29(24)37-26/h5-19,36H,20-22H2,1-4H3/q-1/b28-19-. The van der Waals surface area contributed by atoms with Crippen LogP contribution in [0.3, 0.4) is 0 Å².